The van der Waals surface area contributed by atoms with Crippen molar-refractivity contribution in [3.8, 4) is 0 Å². The number of piperazine rings is 1. The van der Waals surface area contributed by atoms with Crippen molar-refractivity contribution in [2.45, 2.75) is 56.7 Å². The van der Waals surface area contributed by atoms with E-state index in [1.807, 2.05) is 18.2 Å². The molecule has 5 fully saturated rings. The van der Waals surface area contributed by atoms with Gasteiger partial charge < -0.3 is 25.5 Å². The molecular formula is C29H36ClN5O3. The minimum atomic E-state index is -0.509. The van der Waals surface area contributed by atoms with Crippen LogP contribution in [0.25, 0.3) is 0 Å². The second-order valence-electron chi connectivity index (χ2n) is 11.8. The molecule has 1 aromatic carbocycles. The molecule has 2 heterocycles. The molecule has 5 aliphatic rings. The number of anilines is 2. The highest BCUT2D eigenvalue weighted by molar-refractivity contribution is 6.33. The van der Waals surface area contributed by atoms with Gasteiger partial charge in [-0.3, -0.25) is 9.59 Å². The molecule has 0 spiro atoms. The number of amides is 2. The number of nitrogens with one attached hydrogen (secondary N) is 2. The molecule has 1 saturated heterocycles. The molecule has 202 valence electrons. The molecule has 7 rings (SSSR count). The van der Waals surface area contributed by atoms with Crippen molar-refractivity contribution in [3.63, 3.8) is 0 Å². The van der Waals surface area contributed by atoms with Crippen LogP contribution < -0.4 is 20.4 Å². The summed E-state index contributed by atoms with van der Waals surface area (Å²) < 4.78 is 0. The first-order valence-electron chi connectivity index (χ1n) is 13.8. The zero-order valence-electron chi connectivity index (χ0n) is 22.0. The smallest absolute Gasteiger partial charge is 0.270 e. The van der Waals surface area contributed by atoms with Crippen LogP contribution in [-0.4, -0.2) is 66.3 Å². The van der Waals surface area contributed by atoms with Gasteiger partial charge in [-0.15, -0.1) is 0 Å². The van der Waals surface area contributed by atoms with E-state index in [-0.39, 0.29) is 23.9 Å². The highest BCUT2D eigenvalue weighted by atomic mass is 35.5. The van der Waals surface area contributed by atoms with Crippen LogP contribution in [0.5, 0.6) is 0 Å². The lowest BCUT2D eigenvalue weighted by Gasteiger charge is -2.58. The summed E-state index contributed by atoms with van der Waals surface area (Å²) in [5.74, 6) is 1.85. The van der Waals surface area contributed by atoms with Gasteiger partial charge in [0.2, 0.25) is 0 Å². The molecule has 38 heavy (non-hydrogen) atoms. The fourth-order valence-electron chi connectivity index (χ4n) is 7.72. The number of carbonyl (C=O) groups excluding carboxylic acids is 2. The van der Waals surface area contributed by atoms with E-state index in [9.17, 15) is 14.7 Å². The van der Waals surface area contributed by atoms with Crippen molar-refractivity contribution in [2.24, 2.45) is 17.8 Å². The molecule has 9 heteroatoms. The number of carbonyl (C=O) groups is 2. The Morgan fingerprint density at radius 1 is 1.08 bits per heavy atom. The van der Waals surface area contributed by atoms with Gasteiger partial charge in [-0.05, 0) is 87.1 Å². The van der Waals surface area contributed by atoms with Crippen LogP contribution in [0.1, 0.15) is 59.9 Å². The van der Waals surface area contributed by atoms with Crippen LogP contribution in [0.3, 0.4) is 0 Å². The first-order valence-corrected chi connectivity index (χ1v) is 14.1. The molecule has 8 nitrogen and oxygen atoms in total. The summed E-state index contributed by atoms with van der Waals surface area (Å²) in [5, 5.41) is 17.4. The Morgan fingerprint density at radius 2 is 1.84 bits per heavy atom. The predicted octanol–water partition coefficient (Wildman–Crippen LogP) is 3.48. The molecule has 0 radical (unpaired) electrons. The summed E-state index contributed by atoms with van der Waals surface area (Å²) in [7, 11) is 1.60. The van der Waals surface area contributed by atoms with Crippen molar-refractivity contribution in [1.82, 2.24) is 15.6 Å². The van der Waals surface area contributed by atoms with E-state index in [0.717, 1.165) is 63.2 Å². The number of aromatic nitrogens is 1. The summed E-state index contributed by atoms with van der Waals surface area (Å²) >= 11 is 6.55. The first kappa shape index (κ1) is 25.4. The third-order valence-corrected chi connectivity index (χ3v) is 9.51. The van der Waals surface area contributed by atoms with Gasteiger partial charge in [0.25, 0.3) is 11.8 Å². The maximum Gasteiger partial charge on any atom is 0.270 e. The molecule has 4 aliphatic carbocycles. The summed E-state index contributed by atoms with van der Waals surface area (Å²) in [4.78, 5) is 34.5. The van der Waals surface area contributed by atoms with E-state index in [4.69, 9.17) is 16.6 Å². The standard InChI is InChI=1S/C29H36ClN5O3/c1-17-16-34(24-7-6-19(12-22(24)30)27(36)31-2)8-9-35(17)25-5-3-4-23(32-25)28(37)33-26-20-10-18-11-21(26)15-29(38,13-18)14-20/h3-7,12,17-18,20-21,26,38H,8-11,13-16H2,1-2H3,(H,31,36)(H,33,37). The monoisotopic (exact) mass is 537 g/mol. The zero-order chi connectivity index (χ0) is 26.6. The van der Waals surface area contributed by atoms with Crippen LogP contribution in [0.4, 0.5) is 11.5 Å². The highest BCUT2D eigenvalue weighted by Gasteiger charge is 2.55. The van der Waals surface area contributed by atoms with E-state index < -0.39 is 5.60 Å². The fourth-order valence-corrected chi connectivity index (χ4v) is 8.02. The van der Waals surface area contributed by atoms with Crippen LogP contribution >= 0.6 is 11.6 Å². The second-order valence-corrected chi connectivity index (χ2v) is 12.2. The predicted molar refractivity (Wildman–Crippen MR) is 148 cm³/mol. The lowest BCUT2D eigenvalue weighted by Crippen LogP contribution is -2.61. The highest BCUT2D eigenvalue weighted by Crippen LogP contribution is 2.55. The molecule has 2 amide bonds. The summed E-state index contributed by atoms with van der Waals surface area (Å²) in [6, 6.07) is 11.3. The van der Waals surface area contributed by atoms with E-state index in [1.165, 1.54) is 0 Å². The second kappa shape index (κ2) is 9.72. The normalized spacial score (nSPS) is 31.8. The van der Waals surface area contributed by atoms with Gasteiger partial charge >= 0.3 is 0 Å². The molecule has 2 aromatic rings. The number of halogens is 1. The number of hydrogen-bond donors (Lipinski definition) is 3. The Balaban J connectivity index is 1.12. The van der Waals surface area contributed by atoms with E-state index >= 15 is 0 Å². The number of nitrogens with zero attached hydrogens (tertiary/aromatic N) is 3. The van der Waals surface area contributed by atoms with E-state index in [1.54, 1.807) is 25.2 Å². The molecule has 4 bridgehead atoms. The molecular weight excluding hydrogens is 502 g/mol. The quantitative estimate of drug-likeness (QED) is 0.540. The number of hydrogen-bond acceptors (Lipinski definition) is 6. The summed E-state index contributed by atoms with van der Waals surface area (Å²) in [6.07, 6.45) is 4.76. The van der Waals surface area contributed by atoms with Crippen molar-refractivity contribution in [3.05, 3.63) is 52.7 Å². The van der Waals surface area contributed by atoms with Crippen molar-refractivity contribution in [1.29, 1.82) is 0 Å². The van der Waals surface area contributed by atoms with Crippen LogP contribution in [0.2, 0.25) is 5.02 Å². The largest absolute Gasteiger partial charge is 0.390 e. The van der Waals surface area contributed by atoms with E-state index in [2.05, 4.69) is 27.4 Å². The topological polar surface area (TPSA) is 97.8 Å². The first-order chi connectivity index (χ1) is 18.2. The molecule has 1 aliphatic heterocycles. The number of benzene rings is 1. The Bertz CT molecular complexity index is 1240. The lowest BCUT2D eigenvalue weighted by atomic mass is 9.52. The van der Waals surface area contributed by atoms with Gasteiger partial charge in [0.05, 0.1) is 16.3 Å². The summed E-state index contributed by atoms with van der Waals surface area (Å²) in [6.45, 7) is 4.37. The zero-order valence-corrected chi connectivity index (χ0v) is 22.7. The average Bonchev–Trinajstić information content (AvgIpc) is 2.89. The van der Waals surface area contributed by atoms with E-state index in [0.29, 0.717) is 34.0 Å². The average molecular weight is 538 g/mol. The van der Waals surface area contributed by atoms with Gasteiger partial charge in [-0.25, -0.2) is 4.98 Å². The van der Waals surface area contributed by atoms with Crippen molar-refractivity contribution >= 4 is 34.9 Å². The molecule has 4 saturated carbocycles. The van der Waals surface area contributed by atoms with Gasteiger partial charge in [0.15, 0.2) is 0 Å². The van der Waals surface area contributed by atoms with Gasteiger partial charge in [-0.2, -0.15) is 0 Å². The molecule has 3 N–H and O–H groups in total. The van der Waals surface area contributed by atoms with Gasteiger partial charge in [0, 0.05) is 44.3 Å². The third-order valence-electron chi connectivity index (χ3n) is 9.21. The Hall–Kier alpha value is -2.84. The minimum Gasteiger partial charge on any atom is -0.390 e. The number of pyridine rings is 1. The lowest BCUT2D eigenvalue weighted by molar-refractivity contribution is -0.136. The van der Waals surface area contributed by atoms with Gasteiger partial charge in [0.1, 0.15) is 11.5 Å². The fraction of sp³-hybridized carbons (Fsp3) is 0.552. The third kappa shape index (κ3) is 4.62. The van der Waals surface area contributed by atoms with Crippen LogP contribution in [0, 0.1) is 17.8 Å². The van der Waals surface area contributed by atoms with Crippen LogP contribution in [-0.2, 0) is 0 Å². The van der Waals surface area contributed by atoms with Crippen molar-refractivity contribution < 1.29 is 14.7 Å². The Kier molecular flexibility index (Phi) is 6.51. The SMILES string of the molecule is CNC(=O)c1ccc(N2CCN(c3cccc(C(=O)NC4C5CC6CC4CC(O)(C6)C5)n3)C(C)C2)c(Cl)c1. The van der Waals surface area contributed by atoms with Crippen LogP contribution in [0.15, 0.2) is 36.4 Å². The Labute approximate surface area is 228 Å². The maximum absolute atomic E-state index is 13.3. The minimum absolute atomic E-state index is 0.120. The van der Waals surface area contributed by atoms with Gasteiger partial charge in [-0.1, -0.05) is 17.7 Å². The Morgan fingerprint density at radius 3 is 2.50 bits per heavy atom. The number of aliphatic hydroxyl groups is 1. The number of rotatable bonds is 5. The molecule has 1 aromatic heterocycles. The molecule has 3 atom stereocenters. The molecule has 3 unspecified atom stereocenters. The summed E-state index contributed by atoms with van der Waals surface area (Å²) in [5.41, 5.74) is 1.38. The maximum atomic E-state index is 13.3. The van der Waals surface area contributed by atoms with Crippen molar-refractivity contribution in [2.75, 3.05) is 36.5 Å².